The summed E-state index contributed by atoms with van der Waals surface area (Å²) in [4.78, 5) is 31.1. The Balaban J connectivity index is 1.34. The maximum Gasteiger partial charge on any atom is 0.338 e. The van der Waals surface area contributed by atoms with Gasteiger partial charge in [0.25, 0.3) is 0 Å². The van der Waals surface area contributed by atoms with Crippen molar-refractivity contribution in [2.45, 2.75) is 38.2 Å². The zero-order valence-corrected chi connectivity index (χ0v) is 26.4. The number of fused-ring (bicyclic) bond motifs is 6. The number of benzene rings is 2. The number of rotatable bonds is 4. The van der Waals surface area contributed by atoms with E-state index in [-0.39, 0.29) is 6.10 Å². The summed E-state index contributed by atoms with van der Waals surface area (Å²) in [6.45, 7) is 6.17. The number of aryl methyl sites for hydroxylation is 1. The molecule has 0 N–H and O–H groups in total. The lowest BCUT2D eigenvalue weighted by Crippen LogP contribution is -2.34. The molecule has 0 amide bonds. The third-order valence-corrected chi connectivity index (χ3v) is 8.55. The smallest absolute Gasteiger partial charge is 0.338 e. The van der Waals surface area contributed by atoms with E-state index < -0.39 is 11.9 Å². The minimum Gasteiger partial charge on any atom is -0.493 e. The summed E-state index contributed by atoms with van der Waals surface area (Å²) in [5, 5.41) is 5.50. The number of carbonyl (C=O) groups is 2. The lowest BCUT2D eigenvalue weighted by molar-refractivity contribution is 0.0221. The molecule has 11 nitrogen and oxygen atoms in total. The molecule has 12 heteroatoms. The van der Waals surface area contributed by atoms with Crippen molar-refractivity contribution in [3.05, 3.63) is 46.6 Å². The van der Waals surface area contributed by atoms with Gasteiger partial charge in [0.05, 0.1) is 55.3 Å². The van der Waals surface area contributed by atoms with Crippen LogP contribution in [0.4, 0.5) is 0 Å². The molecular formula is C32H41ClN4O7. The van der Waals surface area contributed by atoms with Crippen molar-refractivity contribution >= 4 is 34.4 Å². The monoisotopic (exact) mass is 628 g/mol. The molecule has 0 saturated carbocycles. The third-order valence-electron chi connectivity index (χ3n) is 8.23. The molecule has 1 fully saturated rings. The summed E-state index contributed by atoms with van der Waals surface area (Å²) in [7, 11) is 4.85. The van der Waals surface area contributed by atoms with E-state index in [1.54, 1.807) is 35.1 Å². The Morgan fingerprint density at radius 3 is 2.43 bits per heavy atom. The van der Waals surface area contributed by atoms with Crippen LogP contribution in [0, 0.1) is 0 Å². The molecular weight excluding hydrogens is 588 g/mol. The zero-order chi connectivity index (χ0) is 31.1. The maximum absolute atomic E-state index is 13.4. The Bertz CT molecular complexity index is 1460. The van der Waals surface area contributed by atoms with Gasteiger partial charge in [0.15, 0.2) is 11.5 Å². The summed E-state index contributed by atoms with van der Waals surface area (Å²) in [6.07, 6.45) is 5.05. The molecule has 1 aromatic heterocycles. The van der Waals surface area contributed by atoms with Gasteiger partial charge in [-0.2, -0.15) is 5.10 Å². The van der Waals surface area contributed by atoms with Crippen LogP contribution >= 0.6 is 11.6 Å². The standard InChI is InChI=1S/C32H41ClN4O7/c1-35-27-18-22(17-26(33)25(27)21-34-35)32(39)44-24-7-4-15-42-29-20-23(19-28(40-2)30(29)41-3)31(38)43-16-6-11-36-9-5-10-37(12-8-24)14-13-36/h17-21,24H,4-16H2,1-3H3. The average molecular weight is 629 g/mol. The molecule has 2 aromatic carbocycles. The highest BCUT2D eigenvalue weighted by atomic mass is 35.5. The first kappa shape index (κ1) is 31.9. The minimum absolute atomic E-state index is 0.317. The fraction of sp³-hybridized carbons (Fsp3) is 0.531. The maximum atomic E-state index is 13.4. The molecule has 0 aliphatic carbocycles. The lowest BCUT2D eigenvalue weighted by atomic mass is 10.1. The highest BCUT2D eigenvalue weighted by Gasteiger charge is 2.23. The van der Waals surface area contributed by atoms with Crippen molar-refractivity contribution in [3.8, 4) is 17.2 Å². The van der Waals surface area contributed by atoms with Crippen molar-refractivity contribution in [1.82, 2.24) is 19.6 Å². The number of ether oxygens (including phenoxy) is 5. The van der Waals surface area contributed by atoms with Gasteiger partial charge in [-0.05, 0) is 69.5 Å². The van der Waals surface area contributed by atoms with Crippen LogP contribution in [0.15, 0.2) is 30.5 Å². The van der Waals surface area contributed by atoms with Gasteiger partial charge in [0.2, 0.25) is 5.75 Å². The van der Waals surface area contributed by atoms with Crippen LogP contribution in [0.25, 0.3) is 10.9 Å². The topological polar surface area (TPSA) is 105 Å². The first-order valence-electron chi connectivity index (χ1n) is 15.2. The highest BCUT2D eigenvalue weighted by Crippen LogP contribution is 2.39. The first-order chi connectivity index (χ1) is 21.4. The van der Waals surface area contributed by atoms with Crippen LogP contribution in [0.3, 0.4) is 0 Å². The molecule has 0 radical (unpaired) electrons. The minimum atomic E-state index is -0.438. The first-order valence-corrected chi connectivity index (χ1v) is 15.6. The summed E-state index contributed by atoms with van der Waals surface area (Å²) in [5.41, 5.74) is 1.49. The summed E-state index contributed by atoms with van der Waals surface area (Å²) in [6, 6.07) is 6.63. The van der Waals surface area contributed by atoms with Crippen LogP contribution in [-0.2, 0) is 16.5 Å². The molecule has 238 valence electrons. The van der Waals surface area contributed by atoms with Gasteiger partial charge < -0.3 is 33.5 Å². The number of carbonyl (C=O) groups excluding carboxylic acids is 2. The van der Waals surface area contributed by atoms with E-state index in [0.29, 0.717) is 65.9 Å². The van der Waals surface area contributed by atoms with Crippen LogP contribution in [0.1, 0.15) is 52.8 Å². The van der Waals surface area contributed by atoms with Gasteiger partial charge in [0, 0.05) is 38.6 Å². The zero-order valence-electron chi connectivity index (χ0n) is 25.7. The van der Waals surface area contributed by atoms with E-state index in [2.05, 4.69) is 14.9 Å². The molecule has 2 aliphatic rings. The Kier molecular flexibility index (Phi) is 10.8. The Hall–Kier alpha value is -3.54. The molecule has 44 heavy (non-hydrogen) atoms. The average Bonchev–Trinajstić information content (AvgIpc) is 3.25. The van der Waals surface area contributed by atoms with Gasteiger partial charge in [-0.15, -0.1) is 0 Å². The summed E-state index contributed by atoms with van der Waals surface area (Å²) in [5.74, 6) is 0.308. The summed E-state index contributed by atoms with van der Waals surface area (Å²) >= 11 is 6.47. The largest absolute Gasteiger partial charge is 0.493 e. The van der Waals surface area contributed by atoms with E-state index in [4.69, 9.17) is 35.3 Å². The van der Waals surface area contributed by atoms with Gasteiger partial charge in [-0.25, -0.2) is 9.59 Å². The molecule has 3 atom stereocenters. The Morgan fingerprint density at radius 2 is 1.66 bits per heavy atom. The van der Waals surface area contributed by atoms with E-state index in [1.807, 2.05) is 7.05 Å². The predicted molar refractivity (Wildman–Crippen MR) is 166 cm³/mol. The number of esters is 2. The number of hydrogen-bond donors (Lipinski definition) is 0. The fourth-order valence-electron chi connectivity index (χ4n) is 5.79. The molecule has 3 heterocycles. The number of hydrogen-bond acceptors (Lipinski definition) is 10. The number of methoxy groups -OCH3 is 2. The quantitative estimate of drug-likeness (QED) is 0.381. The van der Waals surface area contributed by atoms with E-state index in [9.17, 15) is 9.59 Å². The number of halogens is 1. The van der Waals surface area contributed by atoms with Gasteiger partial charge in [0.1, 0.15) is 6.10 Å². The van der Waals surface area contributed by atoms with Crippen molar-refractivity contribution in [2.24, 2.45) is 7.05 Å². The van der Waals surface area contributed by atoms with Crippen molar-refractivity contribution < 1.29 is 33.3 Å². The van der Waals surface area contributed by atoms with Crippen molar-refractivity contribution in [2.75, 3.05) is 66.7 Å². The molecule has 3 aromatic rings. The molecule has 3 unspecified atom stereocenters. The molecule has 0 spiro atoms. The molecule has 2 aliphatic heterocycles. The van der Waals surface area contributed by atoms with E-state index in [0.717, 1.165) is 63.0 Å². The van der Waals surface area contributed by atoms with Crippen LogP contribution < -0.4 is 14.2 Å². The fourth-order valence-corrected chi connectivity index (χ4v) is 6.05. The number of nitrogens with zero attached hydrogens (tertiary/aromatic N) is 4. The second-order valence-corrected chi connectivity index (χ2v) is 11.6. The SMILES string of the molecule is COc1cc2cc(c1OC)OCCCC(OC(=O)c1cc(Cl)c3cnn(C)c3c1)CCN1CCCN(CCCOC2=O)CC1. The molecule has 4 bridgehead atoms. The van der Waals surface area contributed by atoms with Crippen molar-refractivity contribution in [1.29, 1.82) is 0 Å². The lowest BCUT2D eigenvalue weighted by Gasteiger charge is -2.24. The van der Waals surface area contributed by atoms with Gasteiger partial charge >= 0.3 is 11.9 Å². The second-order valence-electron chi connectivity index (χ2n) is 11.2. The third kappa shape index (κ3) is 7.75. The van der Waals surface area contributed by atoms with Crippen LogP contribution in [-0.4, -0.2) is 104 Å². The number of aromatic nitrogens is 2. The van der Waals surface area contributed by atoms with E-state index >= 15 is 0 Å². The number of cyclic esters (lactones) is 1. The van der Waals surface area contributed by atoms with Gasteiger partial charge in [-0.1, -0.05) is 11.6 Å². The second kappa shape index (κ2) is 15.0. The Labute approximate surface area is 262 Å². The normalized spacial score (nSPS) is 22.1. The molecule has 5 rings (SSSR count). The van der Waals surface area contributed by atoms with E-state index in [1.165, 1.54) is 14.2 Å². The highest BCUT2D eigenvalue weighted by molar-refractivity contribution is 6.35. The van der Waals surface area contributed by atoms with Crippen LogP contribution in [0.2, 0.25) is 5.02 Å². The predicted octanol–water partition coefficient (Wildman–Crippen LogP) is 4.59. The van der Waals surface area contributed by atoms with Crippen LogP contribution in [0.5, 0.6) is 17.2 Å². The van der Waals surface area contributed by atoms with Gasteiger partial charge in [-0.3, -0.25) is 4.68 Å². The van der Waals surface area contributed by atoms with Crippen molar-refractivity contribution in [3.63, 3.8) is 0 Å². The summed E-state index contributed by atoms with van der Waals surface area (Å²) < 4.78 is 30.5. The Morgan fingerprint density at radius 1 is 0.909 bits per heavy atom. The molecule has 1 saturated heterocycles.